The Bertz CT molecular complexity index is 724. The molecule has 1 N–H and O–H groups in total. The van der Waals surface area contributed by atoms with Crippen LogP contribution < -0.4 is 0 Å². The van der Waals surface area contributed by atoms with E-state index in [0.29, 0.717) is 6.42 Å². The van der Waals surface area contributed by atoms with Crippen molar-refractivity contribution in [1.82, 2.24) is 0 Å². The van der Waals surface area contributed by atoms with E-state index in [4.69, 9.17) is 14.0 Å². The van der Waals surface area contributed by atoms with Gasteiger partial charge in [-0.25, -0.2) is 4.57 Å². The zero-order valence-corrected chi connectivity index (χ0v) is 33.4. The van der Waals surface area contributed by atoms with Gasteiger partial charge in [0, 0.05) is 49.5 Å². The molecular weight excluding hydrogens is 614 g/mol. The van der Waals surface area contributed by atoms with Gasteiger partial charge in [-0.15, -0.1) is 0 Å². The minimum absolute atomic E-state index is 0. The molecule has 10 heteroatoms. The number of phosphoric ester groups is 1. The van der Waals surface area contributed by atoms with Crippen molar-refractivity contribution < 1.29 is 37.6 Å². The van der Waals surface area contributed by atoms with E-state index in [1.165, 1.54) is 128 Å². The van der Waals surface area contributed by atoms with Gasteiger partial charge in [0.1, 0.15) is 6.61 Å². The number of unbranched alkanes of at least 4 members (excludes halogenated alkanes) is 24. The van der Waals surface area contributed by atoms with Crippen molar-refractivity contribution >= 4 is 49.3 Å². The monoisotopic (exact) mass is 685 g/mol. The van der Waals surface area contributed by atoms with Crippen LogP contribution in [0.2, 0.25) is 0 Å². The number of esters is 2. The van der Waals surface area contributed by atoms with E-state index in [1.807, 2.05) is 0 Å². The molecule has 269 valence electrons. The maximum Gasteiger partial charge on any atom is 0.472 e. The number of hydrogen-bond donors (Lipinski definition) is 1. The van der Waals surface area contributed by atoms with Crippen molar-refractivity contribution in [3.05, 3.63) is 0 Å². The van der Waals surface area contributed by atoms with E-state index in [1.54, 1.807) is 0 Å². The zero-order chi connectivity index (χ0) is 33.3. The molecule has 0 heterocycles. The third-order valence-corrected chi connectivity index (χ3v) is 9.29. The fourth-order valence-electron chi connectivity index (χ4n) is 5.42. The number of hydrogen-bond acceptors (Lipinski definition) is 7. The molecular formula is C36H71NaO8P. The second-order valence-electron chi connectivity index (χ2n) is 12.7. The van der Waals surface area contributed by atoms with Crippen LogP contribution in [0.5, 0.6) is 0 Å². The van der Waals surface area contributed by atoms with Crippen LogP contribution in [0.1, 0.15) is 194 Å². The fourth-order valence-corrected chi connectivity index (χ4v) is 5.88. The number of phosphoric acid groups is 1. The largest absolute Gasteiger partial charge is 0.472 e. The van der Waals surface area contributed by atoms with Gasteiger partial charge in [0.15, 0.2) is 6.10 Å². The first-order chi connectivity index (χ1) is 21.8. The van der Waals surface area contributed by atoms with Gasteiger partial charge in [0.25, 0.3) is 0 Å². The summed E-state index contributed by atoms with van der Waals surface area (Å²) in [5.41, 5.74) is 0. The van der Waals surface area contributed by atoms with Crippen molar-refractivity contribution in [1.29, 1.82) is 0 Å². The average Bonchev–Trinajstić information content (AvgIpc) is 3.03. The Kier molecular flexibility index (Phi) is 38.0. The van der Waals surface area contributed by atoms with Gasteiger partial charge in [-0.1, -0.05) is 168 Å². The Morgan fingerprint density at radius 3 is 1.22 bits per heavy atom. The number of carbonyl (C=O) groups excluding carboxylic acids is 2. The number of carbonyl (C=O) groups is 2. The molecule has 8 nitrogen and oxygen atoms in total. The summed E-state index contributed by atoms with van der Waals surface area (Å²) < 4.78 is 31.8. The minimum Gasteiger partial charge on any atom is -0.462 e. The van der Waals surface area contributed by atoms with Crippen LogP contribution in [0.4, 0.5) is 0 Å². The summed E-state index contributed by atoms with van der Waals surface area (Å²) >= 11 is 0. The van der Waals surface area contributed by atoms with Crippen LogP contribution in [0, 0.1) is 0 Å². The van der Waals surface area contributed by atoms with Crippen molar-refractivity contribution in [2.45, 2.75) is 200 Å². The second-order valence-corrected chi connectivity index (χ2v) is 14.3. The summed E-state index contributed by atoms with van der Waals surface area (Å²) in [6.45, 7) is 3.89. The summed E-state index contributed by atoms with van der Waals surface area (Å²) in [5, 5.41) is 0. The molecule has 0 spiro atoms. The van der Waals surface area contributed by atoms with E-state index in [2.05, 4.69) is 18.4 Å². The average molecular weight is 686 g/mol. The molecule has 0 saturated carbocycles. The quantitative estimate of drug-likeness (QED) is 0.0304. The van der Waals surface area contributed by atoms with Crippen LogP contribution in [0.25, 0.3) is 0 Å². The Morgan fingerprint density at radius 2 is 0.870 bits per heavy atom. The number of ether oxygens (including phenoxy) is 2. The fraction of sp³-hybridized carbons (Fsp3) is 0.944. The molecule has 0 amide bonds. The molecule has 0 aliphatic rings. The van der Waals surface area contributed by atoms with Gasteiger partial charge in [-0.05, 0) is 12.8 Å². The van der Waals surface area contributed by atoms with Gasteiger partial charge < -0.3 is 14.4 Å². The first-order valence-corrected chi connectivity index (χ1v) is 20.2. The summed E-state index contributed by atoms with van der Waals surface area (Å²) in [6.07, 6.45) is 31.5. The van der Waals surface area contributed by atoms with Crippen molar-refractivity contribution in [3.8, 4) is 0 Å². The maximum atomic E-state index is 12.4. The summed E-state index contributed by atoms with van der Waals surface area (Å²) in [5.74, 6) is -0.793. The third kappa shape index (κ3) is 35.4. The second kappa shape index (κ2) is 36.3. The molecule has 0 aromatic carbocycles. The summed E-state index contributed by atoms with van der Waals surface area (Å²) in [6, 6.07) is 0. The molecule has 46 heavy (non-hydrogen) atoms. The molecule has 0 bridgehead atoms. The topological polar surface area (TPSA) is 108 Å². The Hall–Kier alpha value is 0.0500. The van der Waals surface area contributed by atoms with Crippen LogP contribution >= 0.6 is 7.82 Å². The van der Waals surface area contributed by atoms with Gasteiger partial charge >= 0.3 is 19.8 Å². The Balaban J connectivity index is 0. The first kappa shape index (κ1) is 48.2. The molecule has 0 fully saturated rings. The van der Waals surface area contributed by atoms with Crippen molar-refractivity contribution in [3.63, 3.8) is 0 Å². The smallest absolute Gasteiger partial charge is 0.462 e. The van der Waals surface area contributed by atoms with E-state index in [-0.39, 0.29) is 48.6 Å². The first-order valence-electron chi connectivity index (χ1n) is 18.7. The molecule has 0 aromatic rings. The molecule has 0 rings (SSSR count). The molecule has 1 radical (unpaired) electrons. The summed E-state index contributed by atoms with van der Waals surface area (Å²) in [7, 11) is -3.18. The third-order valence-electron chi connectivity index (χ3n) is 8.35. The van der Waals surface area contributed by atoms with Gasteiger partial charge in [0.05, 0.1) is 6.61 Å². The van der Waals surface area contributed by atoms with E-state index in [0.717, 1.165) is 45.6 Å². The van der Waals surface area contributed by atoms with E-state index >= 15 is 0 Å². The van der Waals surface area contributed by atoms with E-state index in [9.17, 15) is 19.0 Å². The normalized spacial score (nSPS) is 13.1. The standard InChI is InChI=1S/C36H71O8P.Na/c1-4-6-8-10-12-14-16-18-20-22-24-26-28-30-35(37)42-32-34(33-43-45(39,40)41-3)44-36(38)31-29-27-25-23-21-19-17-15-13-11-9-7-5-2;/h34H,4-33H2,1-3H3,(H,39,40);/t34-;/m1./s1. The predicted octanol–water partition coefficient (Wildman–Crippen LogP) is 10.8. The van der Waals surface area contributed by atoms with Crippen molar-refractivity contribution in [2.75, 3.05) is 20.3 Å². The Morgan fingerprint density at radius 1 is 0.543 bits per heavy atom. The van der Waals surface area contributed by atoms with Gasteiger partial charge in [-0.2, -0.15) is 0 Å². The van der Waals surface area contributed by atoms with Crippen LogP contribution in [0.15, 0.2) is 0 Å². The minimum atomic E-state index is -4.24. The van der Waals surface area contributed by atoms with Gasteiger partial charge in [0.2, 0.25) is 0 Å². The predicted molar refractivity (Wildman–Crippen MR) is 190 cm³/mol. The molecule has 0 aromatic heterocycles. The zero-order valence-electron chi connectivity index (χ0n) is 30.5. The number of rotatable bonds is 35. The SMILES string of the molecule is CCCCCCCCCCCCCCCC(=O)OC[C@H](COP(=O)(O)OC)OC(=O)CCCCCCCCCCCCCCC.[Na]. The maximum absolute atomic E-state index is 12.4. The molecule has 0 aliphatic carbocycles. The molecule has 0 aliphatic heterocycles. The molecule has 1 unspecified atom stereocenters. The molecule has 2 atom stereocenters. The summed E-state index contributed by atoms with van der Waals surface area (Å²) in [4.78, 5) is 34.3. The van der Waals surface area contributed by atoms with Crippen molar-refractivity contribution in [2.24, 2.45) is 0 Å². The van der Waals surface area contributed by atoms with Crippen LogP contribution in [-0.4, -0.2) is 72.8 Å². The van der Waals surface area contributed by atoms with Gasteiger partial charge in [-0.3, -0.25) is 18.6 Å². The van der Waals surface area contributed by atoms with Crippen LogP contribution in [-0.2, 0) is 32.7 Å². The Labute approximate surface area is 305 Å². The molecule has 0 saturated heterocycles. The van der Waals surface area contributed by atoms with Crippen LogP contribution in [0.3, 0.4) is 0 Å². The van der Waals surface area contributed by atoms with E-state index < -0.39 is 26.5 Å².